The van der Waals surface area contributed by atoms with E-state index in [1.165, 1.54) is 4.88 Å². The first kappa shape index (κ1) is 20.0. The van der Waals surface area contributed by atoms with E-state index in [9.17, 15) is 9.59 Å². The molecule has 1 N–H and O–H groups in total. The number of alkyl carbamates (subject to hydrolysis) is 1. The van der Waals surface area contributed by atoms with Crippen LogP contribution >= 0.6 is 22.9 Å². The SMILES string of the molecule is CCOC(=O)NC(C(=O)N1CCN(Cc2ccc(Cl)s2)CC1)C(C)C. The smallest absolute Gasteiger partial charge is 0.407 e. The maximum Gasteiger partial charge on any atom is 0.407 e. The summed E-state index contributed by atoms with van der Waals surface area (Å²) >= 11 is 7.56. The van der Waals surface area contributed by atoms with Crippen LogP contribution in [0.4, 0.5) is 4.79 Å². The van der Waals surface area contributed by atoms with E-state index in [4.69, 9.17) is 16.3 Å². The first-order valence-electron chi connectivity index (χ1n) is 8.59. The average molecular weight is 388 g/mol. The summed E-state index contributed by atoms with van der Waals surface area (Å²) in [6.45, 7) is 9.67. The van der Waals surface area contributed by atoms with E-state index in [1.54, 1.807) is 18.3 Å². The van der Waals surface area contributed by atoms with Gasteiger partial charge in [0.05, 0.1) is 10.9 Å². The Bertz CT molecular complexity index is 585. The van der Waals surface area contributed by atoms with Crippen LogP contribution in [0.5, 0.6) is 0 Å². The molecule has 140 valence electrons. The maximum absolute atomic E-state index is 12.8. The number of hydrogen-bond donors (Lipinski definition) is 1. The van der Waals surface area contributed by atoms with E-state index in [1.807, 2.05) is 30.9 Å². The Morgan fingerprint density at radius 2 is 1.96 bits per heavy atom. The molecule has 2 amide bonds. The number of piperazine rings is 1. The minimum Gasteiger partial charge on any atom is -0.450 e. The molecule has 1 unspecified atom stereocenters. The van der Waals surface area contributed by atoms with Crippen molar-refractivity contribution in [2.45, 2.75) is 33.4 Å². The summed E-state index contributed by atoms with van der Waals surface area (Å²) in [5.74, 6) is -0.0370. The third-order valence-corrected chi connectivity index (χ3v) is 5.39. The van der Waals surface area contributed by atoms with Crippen LogP contribution in [-0.2, 0) is 16.1 Å². The Morgan fingerprint density at radius 1 is 1.28 bits per heavy atom. The summed E-state index contributed by atoms with van der Waals surface area (Å²) in [6, 6.07) is 3.40. The molecule has 1 atom stereocenters. The van der Waals surface area contributed by atoms with Gasteiger partial charge in [0.15, 0.2) is 0 Å². The summed E-state index contributed by atoms with van der Waals surface area (Å²) in [7, 11) is 0. The number of amides is 2. The fourth-order valence-electron chi connectivity index (χ4n) is 2.79. The molecule has 1 fully saturated rings. The van der Waals surface area contributed by atoms with Crippen molar-refractivity contribution in [2.75, 3.05) is 32.8 Å². The van der Waals surface area contributed by atoms with Gasteiger partial charge in [-0.2, -0.15) is 0 Å². The van der Waals surface area contributed by atoms with Gasteiger partial charge in [-0.1, -0.05) is 25.4 Å². The zero-order valence-corrected chi connectivity index (χ0v) is 16.5. The minimum absolute atomic E-state index is 0.00296. The molecule has 1 aliphatic rings. The van der Waals surface area contributed by atoms with Crippen molar-refractivity contribution in [1.82, 2.24) is 15.1 Å². The lowest BCUT2D eigenvalue weighted by Crippen LogP contribution is -2.56. The number of carbonyl (C=O) groups excluding carboxylic acids is 2. The highest BCUT2D eigenvalue weighted by molar-refractivity contribution is 7.16. The van der Waals surface area contributed by atoms with Crippen LogP contribution < -0.4 is 5.32 Å². The monoisotopic (exact) mass is 387 g/mol. The zero-order valence-electron chi connectivity index (χ0n) is 15.0. The Balaban J connectivity index is 1.86. The van der Waals surface area contributed by atoms with Gasteiger partial charge in [0.2, 0.25) is 5.91 Å². The lowest BCUT2D eigenvalue weighted by Gasteiger charge is -2.37. The maximum atomic E-state index is 12.8. The number of halogens is 1. The third kappa shape index (κ3) is 5.87. The van der Waals surface area contributed by atoms with Crippen LogP contribution in [0, 0.1) is 5.92 Å². The molecule has 1 aliphatic heterocycles. The van der Waals surface area contributed by atoms with Gasteiger partial charge in [-0.15, -0.1) is 11.3 Å². The molecule has 0 saturated carbocycles. The first-order valence-corrected chi connectivity index (χ1v) is 9.78. The zero-order chi connectivity index (χ0) is 18.4. The number of thiophene rings is 1. The Morgan fingerprint density at radius 3 is 2.48 bits per heavy atom. The van der Waals surface area contributed by atoms with Crippen molar-refractivity contribution in [3.05, 3.63) is 21.3 Å². The number of hydrogen-bond acceptors (Lipinski definition) is 5. The topological polar surface area (TPSA) is 61.9 Å². The molecule has 0 aromatic carbocycles. The standard InChI is InChI=1S/C17H26ClN3O3S/c1-4-24-17(23)19-15(12(2)3)16(22)21-9-7-20(8-10-21)11-13-5-6-14(18)25-13/h5-6,12,15H,4,7-11H2,1-3H3,(H,19,23). The van der Waals surface area contributed by atoms with E-state index >= 15 is 0 Å². The summed E-state index contributed by atoms with van der Waals surface area (Å²) < 4.78 is 5.71. The minimum atomic E-state index is -0.554. The number of ether oxygens (including phenoxy) is 1. The van der Waals surface area contributed by atoms with Crippen LogP contribution in [0.3, 0.4) is 0 Å². The Labute approximate surface area is 158 Å². The fraction of sp³-hybridized carbons (Fsp3) is 0.647. The number of nitrogens with one attached hydrogen (secondary N) is 1. The summed E-state index contributed by atoms with van der Waals surface area (Å²) in [5.41, 5.74) is 0. The van der Waals surface area contributed by atoms with Gasteiger partial charge in [0, 0.05) is 37.6 Å². The molecule has 25 heavy (non-hydrogen) atoms. The van der Waals surface area contributed by atoms with Gasteiger partial charge < -0.3 is 15.0 Å². The summed E-state index contributed by atoms with van der Waals surface area (Å²) in [6.07, 6.45) is -0.539. The van der Waals surface area contributed by atoms with Crippen molar-refractivity contribution < 1.29 is 14.3 Å². The predicted octanol–water partition coefficient (Wildman–Crippen LogP) is 2.82. The Hall–Kier alpha value is -1.31. The molecule has 0 bridgehead atoms. The van der Waals surface area contributed by atoms with Crippen LogP contribution in [0.1, 0.15) is 25.6 Å². The molecule has 0 radical (unpaired) electrons. The molecule has 2 heterocycles. The molecule has 0 spiro atoms. The number of rotatable bonds is 6. The highest BCUT2D eigenvalue weighted by Crippen LogP contribution is 2.23. The van der Waals surface area contributed by atoms with Crippen molar-refractivity contribution >= 4 is 34.9 Å². The van der Waals surface area contributed by atoms with Gasteiger partial charge in [0.25, 0.3) is 0 Å². The van der Waals surface area contributed by atoms with Gasteiger partial charge in [-0.25, -0.2) is 4.79 Å². The number of nitrogens with zero attached hydrogens (tertiary/aromatic N) is 2. The van der Waals surface area contributed by atoms with Crippen molar-refractivity contribution in [3.8, 4) is 0 Å². The van der Waals surface area contributed by atoms with E-state index < -0.39 is 12.1 Å². The van der Waals surface area contributed by atoms with Crippen LogP contribution in [0.15, 0.2) is 12.1 Å². The lowest BCUT2D eigenvalue weighted by atomic mass is 10.0. The third-order valence-electron chi connectivity index (χ3n) is 4.17. The van der Waals surface area contributed by atoms with E-state index in [0.29, 0.717) is 13.1 Å². The molecule has 8 heteroatoms. The second-order valence-corrected chi connectivity index (χ2v) is 8.19. The molecule has 1 aromatic heterocycles. The lowest BCUT2D eigenvalue weighted by molar-refractivity contribution is -0.136. The van der Waals surface area contributed by atoms with Crippen molar-refractivity contribution in [3.63, 3.8) is 0 Å². The average Bonchev–Trinajstić information content (AvgIpc) is 2.97. The normalized spacial score (nSPS) is 16.8. The van der Waals surface area contributed by atoms with Gasteiger partial charge in [-0.05, 0) is 25.0 Å². The quantitative estimate of drug-likeness (QED) is 0.815. The van der Waals surface area contributed by atoms with Crippen molar-refractivity contribution in [1.29, 1.82) is 0 Å². The van der Waals surface area contributed by atoms with Crippen LogP contribution in [0.25, 0.3) is 0 Å². The van der Waals surface area contributed by atoms with E-state index in [-0.39, 0.29) is 18.4 Å². The second kappa shape index (κ2) is 9.40. The van der Waals surface area contributed by atoms with Gasteiger partial charge in [0.1, 0.15) is 6.04 Å². The Kier molecular flexibility index (Phi) is 7.53. The molecular formula is C17H26ClN3O3S. The molecule has 1 aromatic rings. The molecule has 1 saturated heterocycles. The summed E-state index contributed by atoms with van der Waals surface area (Å²) in [5, 5.41) is 2.69. The van der Waals surface area contributed by atoms with E-state index in [0.717, 1.165) is 24.0 Å². The van der Waals surface area contributed by atoms with Crippen LogP contribution in [0.2, 0.25) is 4.34 Å². The van der Waals surface area contributed by atoms with E-state index in [2.05, 4.69) is 10.2 Å². The first-order chi connectivity index (χ1) is 11.9. The molecular weight excluding hydrogens is 362 g/mol. The summed E-state index contributed by atoms with van der Waals surface area (Å²) in [4.78, 5) is 29.8. The largest absolute Gasteiger partial charge is 0.450 e. The van der Waals surface area contributed by atoms with Crippen molar-refractivity contribution in [2.24, 2.45) is 5.92 Å². The highest BCUT2D eigenvalue weighted by atomic mass is 35.5. The second-order valence-electron chi connectivity index (χ2n) is 6.39. The highest BCUT2D eigenvalue weighted by Gasteiger charge is 2.31. The molecule has 2 rings (SSSR count). The van der Waals surface area contributed by atoms with Crippen LogP contribution in [-0.4, -0.2) is 60.6 Å². The fourth-order valence-corrected chi connectivity index (χ4v) is 3.92. The molecule has 0 aliphatic carbocycles. The van der Waals surface area contributed by atoms with Gasteiger partial charge in [-0.3, -0.25) is 9.69 Å². The number of carbonyl (C=O) groups is 2. The molecule has 6 nitrogen and oxygen atoms in total. The predicted molar refractivity (Wildman–Crippen MR) is 100.0 cm³/mol. The van der Waals surface area contributed by atoms with Gasteiger partial charge >= 0.3 is 6.09 Å².